The Morgan fingerprint density at radius 1 is 1.17 bits per heavy atom. The van der Waals surface area contributed by atoms with Gasteiger partial charge in [0.05, 0.1) is 0 Å². The summed E-state index contributed by atoms with van der Waals surface area (Å²) in [7, 11) is 0. The van der Waals surface area contributed by atoms with Crippen molar-refractivity contribution in [1.29, 1.82) is 0 Å². The maximum absolute atomic E-state index is 12.5. The molecule has 1 aromatic carbocycles. The number of carbonyl (C=O) groups excluding carboxylic acids is 2. The van der Waals surface area contributed by atoms with Crippen molar-refractivity contribution < 1.29 is 9.59 Å². The minimum atomic E-state index is -0.470. The Balaban J connectivity index is 2.94. The average molecular weight is 318 g/mol. The van der Waals surface area contributed by atoms with Gasteiger partial charge in [0.25, 0.3) is 0 Å². The third kappa shape index (κ3) is 5.70. The Kier molecular flexibility index (Phi) is 7.79. The molecule has 0 spiro atoms. The van der Waals surface area contributed by atoms with Crippen LogP contribution in [0.2, 0.25) is 0 Å². The number of rotatable bonds is 8. The van der Waals surface area contributed by atoms with Crippen molar-refractivity contribution in [1.82, 2.24) is 10.2 Å². The standard InChI is InChI=1S/C19H30N2O2/c1-6-10-18(22)21(13-17-12-9-8-11-14(17)3)16(5)19(23)20-15(4)7-2/h8-9,11-12,15-16H,6-7,10,13H2,1-5H3,(H,20,23)/t15-,16+/m1/s1. The summed E-state index contributed by atoms with van der Waals surface area (Å²) in [5.74, 6) is -0.0556. The van der Waals surface area contributed by atoms with Crippen molar-refractivity contribution in [3.8, 4) is 0 Å². The molecule has 2 amide bonds. The second kappa shape index (κ2) is 9.33. The van der Waals surface area contributed by atoms with Crippen LogP contribution >= 0.6 is 0 Å². The summed E-state index contributed by atoms with van der Waals surface area (Å²) < 4.78 is 0. The first-order valence-corrected chi connectivity index (χ1v) is 8.55. The van der Waals surface area contributed by atoms with E-state index in [0.717, 1.165) is 24.0 Å². The zero-order valence-corrected chi connectivity index (χ0v) is 15.1. The number of nitrogens with one attached hydrogen (secondary N) is 1. The van der Waals surface area contributed by atoms with Gasteiger partial charge in [-0.1, -0.05) is 38.1 Å². The third-order valence-corrected chi connectivity index (χ3v) is 4.23. The van der Waals surface area contributed by atoms with Gasteiger partial charge in [0.2, 0.25) is 11.8 Å². The smallest absolute Gasteiger partial charge is 0.242 e. The third-order valence-electron chi connectivity index (χ3n) is 4.23. The Labute approximate surface area is 140 Å². The molecular formula is C19H30N2O2. The van der Waals surface area contributed by atoms with Crippen molar-refractivity contribution in [3.63, 3.8) is 0 Å². The SMILES string of the molecule is CCCC(=O)N(Cc1ccccc1C)[C@@H](C)C(=O)N[C@H](C)CC. The van der Waals surface area contributed by atoms with E-state index in [1.165, 1.54) is 0 Å². The van der Waals surface area contributed by atoms with E-state index >= 15 is 0 Å². The fourth-order valence-electron chi connectivity index (χ4n) is 2.38. The average Bonchev–Trinajstić information content (AvgIpc) is 2.53. The molecule has 0 aliphatic rings. The molecule has 0 unspecified atom stereocenters. The molecule has 4 nitrogen and oxygen atoms in total. The van der Waals surface area contributed by atoms with E-state index in [-0.39, 0.29) is 17.9 Å². The maximum Gasteiger partial charge on any atom is 0.242 e. The molecule has 2 atom stereocenters. The van der Waals surface area contributed by atoms with Crippen molar-refractivity contribution in [2.75, 3.05) is 0 Å². The van der Waals surface area contributed by atoms with Crippen LogP contribution in [0.1, 0.15) is 58.1 Å². The minimum absolute atomic E-state index is 0.0301. The minimum Gasteiger partial charge on any atom is -0.352 e. The predicted molar refractivity (Wildman–Crippen MR) is 94.0 cm³/mol. The Hall–Kier alpha value is -1.84. The molecule has 0 aliphatic heterocycles. The van der Waals surface area contributed by atoms with E-state index in [1.54, 1.807) is 4.90 Å². The second-order valence-electron chi connectivity index (χ2n) is 6.19. The quantitative estimate of drug-likeness (QED) is 0.798. The molecule has 1 N–H and O–H groups in total. The molecule has 0 saturated carbocycles. The fraction of sp³-hybridized carbons (Fsp3) is 0.579. The molecule has 0 saturated heterocycles. The summed E-state index contributed by atoms with van der Waals surface area (Å²) in [5.41, 5.74) is 2.22. The zero-order valence-electron chi connectivity index (χ0n) is 15.1. The predicted octanol–water partition coefficient (Wildman–Crippen LogP) is 3.43. The van der Waals surface area contributed by atoms with Gasteiger partial charge in [-0.05, 0) is 44.7 Å². The van der Waals surface area contributed by atoms with E-state index in [0.29, 0.717) is 13.0 Å². The largest absolute Gasteiger partial charge is 0.352 e. The summed E-state index contributed by atoms with van der Waals surface area (Å²) in [6, 6.07) is 7.64. The maximum atomic E-state index is 12.5. The van der Waals surface area contributed by atoms with E-state index in [2.05, 4.69) is 5.32 Å². The fourth-order valence-corrected chi connectivity index (χ4v) is 2.38. The Morgan fingerprint density at radius 3 is 2.39 bits per heavy atom. The first kappa shape index (κ1) is 19.2. The number of aryl methyl sites for hydroxylation is 1. The molecule has 128 valence electrons. The summed E-state index contributed by atoms with van der Waals surface area (Å²) in [5, 5.41) is 2.97. The highest BCUT2D eigenvalue weighted by Gasteiger charge is 2.26. The Bertz CT molecular complexity index is 528. The van der Waals surface area contributed by atoms with Gasteiger partial charge in [-0.15, -0.1) is 0 Å². The number of benzene rings is 1. The molecule has 1 aromatic rings. The van der Waals surface area contributed by atoms with E-state index in [1.807, 2.05) is 58.9 Å². The van der Waals surface area contributed by atoms with Gasteiger partial charge >= 0.3 is 0 Å². The van der Waals surface area contributed by atoms with Crippen LogP contribution in [-0.4, -0.2) is 28.8 Å². The summed E-state index contributed by atoms with van der Waals surface area (Å²) in [6.07, 6.45) is 2.12. The van der Waals surface area contributed by atoms with Crippen LogP contribution < -0.4 is 5.32 Å². The second-order valence-corrected chi connectivity index (χ2v) is 6.19. The zero-order chi connectivity index (χ0) is 17.4. The van der Waals surface area contributed by atoms with Crippen molar-refractivity contribution in [3.05, 3.63) is 35.4 Å². The van der Waals surface area contributed by atoms with Crippen molar-refractivity contribution >= 4 is 11.8 Å². The van der Waals surface area contributed by atoms with E-state index in [4.69, 9.17) is 0 Å². The summed E-state index contributed by atoms with van der Waals surface area (Å²) in [6.45, 7) is 10.3. The van der Waals surface area contributed by atoms with Crippen LogP contribution in [0.15, 0.2) is 24.3 Å². The van der Waals surface area contributed by atoms with Gasteiger partial charge in [-0.3, -0.25) is 9.59 Å². The number of nitrogens with zero attached hydrogens (tertiary/aromatic N) is 1. The lowest BCUT2D eigenvalue weighted by atomic mass is 10.1. The number of amides is 2. The van der Waals surface area contributed by atoms with Crippen molar-refractivity contribution in [2.24, 2.45) is 0 Å². The van der Waals surface area contributed by atoms with E-state index in [9.17, 15) is 9.59 Å². The molecule has 0 aromatic heterocycles. The first-order valence-electron chi connectivity index (χ1n) is 8.55. The number of carbonyl (C=O) groups is 2. The van der Waals surface area contributed by atoms with Gasteiger partial charge in [0, 0.05) is 19.0 Å². The molecule has 23 heavy (non-hydrogen) atoms. The van der Waals surface area contributed by atoms with Crippen LogP contribution in [-0.2, 0) is 16.1 Å². The highest BCUT2D eigenvalue weighted by molar-refractivity contribution is 5.87. The highest BCUT2D eigenvalue weighted by Crippen LogP contribution is 2.15. The number of hydrogen-bond acceptors (Lipinski definition) is 2. The topological polar surface area (TPSA) is 49.4 Å². The lowest BCUT2D eigenvalue weighted by Gasteiger charge is -2.30. The van der Waals surface area contributed by atoms with Crippen LogP contribution in [0.3, 0.4) is 0 Å². The Morgan fingerprint density at radius 2 is 1.83 bits per heavy atom. The van der Waals surface area contributed by atoms with Gasteiger partial charge in [-0.2, -0.15) is 0 Å². The highest BCUT2D eigenvalue weighted by atomic mass is 16.2. The normalized spacial score (nSPS) is 13.3. The van der Waals surface area contributed by atoms with Gasteiger partial charge in [-0.25, -0.2) is 0 Å². The molecule has 0 bridgehead atoms. The van der Waals surface area contributed by atoms with Crippen LogP contribution in [0.5, 0.6) is 0 Å². The molecular weight excluding hydrogens is 288 g/mol. The van der Waals surface area contributed by atoms with Gasteiger partial charge in [0.15, 0.2) is 0 Å². The molecule has 0 radical (unpaired) electrons. The molecule has 1 rings (SSSR count). The van der Waals surface area contributed by atoms with Crippen LogP contribution in [0.25, 0.3) is 0 Å². The monoisotopic (exact) mass is 318 g/mol. The first-order chi connectivity index (χ1) is 10.9. The number of hydrogen-bond donors (Lipinski definition) is 1. The molecule has 4 heteroatoms. The van der Waals surface area contributed by atoms with Gasteiger partial charge in [0.1, 0.15) is 6.04 Å². The van der Waals surface area contributed by atoms with E-state index < -0.39 is 6.04 Å². The van der Waals surface area contributed by atoms with Gasteiger partial charge < -0.3 is 10.2 Å². The lowest BCUT2D eigenvalue weighted by Crippen LogP contribution is -2.49. The van der Waals surface area contributed by atoms with Crippen molar-refractivity contribution in [2.45, 2.75) is 72.5 Å². The summed E-state index contributed by atoms with van der Waals surface area (Å²) >= 11 is 0. The molecule has 0 fully saturated rings. The van der Waals surface area contributed by atoms with Crippen LogP contribution in [0.4, 0.5) is 0 Å². The molecule has 0 heterocycles. The van der Waals surface area contributed by atoms with Crippen LogP contribution in [0, 0.1) is 6.92 Å². The summed E-state index contributed by atoms with van der Waals surface area (Å²) in [4.78, 5) is 26.6. The molecule has 0 aliphatic carbocycles. The lowest BCUT2D eigenvalue weighted by molar-refractivity contribution is -0.140.